The Balaban J connectivity index is 2.52. The van der Waals surface area contributed by atoms with Gasteiger partial charge in [-0.15, -0.1) is 0 Å². The predicted octanol–water partition coefficient (Wildman–Crippen LogP) is 3.59. The Morgan fingerprint density at radius 1 is 1.10 bits per heavy atom. The molecule has 0 saturated carbocycles. The molecule has 0 aliphatic heterocycles. The van der Waals surface area contributed by atoms with Crippen LogP contribution in [-0.4, -0.2) is 29.0 Å². The molecule has 0 atom stereocenters. The number of aromatic nitrogens is 3. The predicted molar refractivity (Wildman–Crippen MR) is 74.3 cm³/mol. The van der Waals surface area contributed by atoms with Crippen molar-refractivity contribution in [3.8, 4) is 11.4 Å². The third kappa shape index (κ3) is 3.41. The van der Waals surface area contributed by atoms with E-state index in [1.54, 1.807) is 25.9 Å². The number of aryl methyl sites for hydroxylation is 1. The van der Waals surface area contributed by atoms with Gasteiger partial charge < -0.3 is 4.90 Å². The zero-order chi connectivity index (χ0) is 15.8. The Kier molecular flexibility index (Phi) is 4.04. The van der Waals surface area contributed by atoms with Crippen molar-refractivity contribution in [2.75, 3.05) is 19.0 Å². The van der Waals surface area contributed by atoms with Crippen LogP contribution in [0.1, 0.15) is 11.1 Å². The first-order valence-corrected chi connectivity index (χ1v) is 6.33. The van der Waals surface area contributed by atoms with Crippen molar-refractivity contribution < 1.29 is 13.2 Å². The molecule has 1 aromatic carbocycles. The van der Waals surface area contributed by atoms with Crippen LogP contribution >= 0.6 is 11.6 Å². The maximum absolute atomic E-state index is 12.7. The van der Waals surface area contributed by atoms with E-state index in [2.05, 4.69) is 15.0 Å². The minimum Gasteiger partial charge on any atom is -0.347 e. The van der Waals surface area contributed by atoms with Gasteiger partial charge in [0.2, 0.25) is 11.2 Å². The maximum Gasteiger partial charge on any atom is 0.416 e. The van der Waals surface area contributed by atoms with Crippen molar-refractivity contribution in [1.82, 2.24) is 15.0 Å². The highest BCUT2D eigenvalue weighted by molar-refractivity contribution is 6.28. The van der Waals surface area contributed by atoms with Crippen LogP contribution in [0.3, 0.4) is 0 Å². The van der Waals surface area contributed by atoms with Gasteiger partial charge in [-0.05, 0) is 36.2 Å². The highest BCUT2D eigenvalue weighted by Gasteiger charge is 2.30. The summed E-state index contributed by atoms with van der Waals surface area (Å²) in [6, 6.07) is 3.39. The molecule has 112 valence electrons. The van der Waals surface area contributed by atoms with Crippen molar-refractivity contribution in [2.45, 2.75) is 13.1 Å². The minimum absolute atomic E-state index is 0.0111. The lowest BCUT2D eigenvalue weighted by Gasteiger charge is -2.13. The zero-order valence-corrected chi connectivity index (χ0v) is 12.3. The van der Waals surface area contributed by atoms with Gasteiger partial charge in [0.1, 0.15) is 0 Å². The van der Waals surface area contributed by atoms with Gasteiger partial charge >= 0.3 is 6.18 Å². The van der Waals surface area contributed by atoms with E-state index in [-0.39, 0.29) is 11.1 Å². The van der Waals surface area contributed by atoms with Crippen LogP contribution in [0.15, 0.2) is 18.2 Å². The average molecular weight is 317 g/mol. The van der Waals surface area contributed by atoms with Gasteiger partial charge in [0, 0.05) is 19.7 Å². The maximum atomic E-state index is 12.7. The number of rotatable bonds is 2. The second kappa shape index (κ2) is 5.48. The second-order valence-electron chi connectivity index (χ2n) is 4.65. The first-order chi connectivity index (χ1) is 9.68. The van der Waals surface area contributed by atoms with Gasteiger partial charge in [-0.25, -0.2) is 0 Å². The van der Waals surface area contributed by atoms with E-state index in [1.807, 2.05) is 0 Å². The summed E-state index contributed by atoms with van der Waals surface area (Å²) < 4.78 is 38.0. The van der Waals surface area contributed by atoms with Gasteiger partial charge in [0.25, 0.3) is 0 Å². The van der Waals surface area contributed by atoms with E-state index in [1.165, 1.54) is 6.07 Å². The fourth-order valence-electron chi connectivity index (χ4n) is 1.75. The van der Waals surface area contributed by atoms with E-state index >= 15 is 0 Å². The van der Waals surface area contributed by atoms with Crippen molar-refractivity contribution >= 4 is 17.5 Å². The normalized spacial score (nSPS) is 11.6. The quantitative estimate of drug-likeness (QED) is 0.849. The third-order valence-electron chi connectivity index (χ3n) is 2.79. The number of hydrogen-bond acceptors (Lipinski definition) is 4. The number of benzene rings is 1. The molecule has 0 aliphatic rings. The van der Waals surface area contributed by atoms with Crippen LogP contribution in [0.5, 0.6) is 0 Å². The van der Waals surface area contributed by atoms with Crippen LogP contribution in [0.2, 0.25) is 5.28 Å². The minimum atomic E-state index is -4.38. The van der Waals surface area contributed by atoms with Crippen LogP contribution < -0.4 is 4.90 Å². The van der Waals surface area contributed by atoms with E-state index in [4.69, 9.17) is 11.6 Å². The van der Waals surface area contributed by atoms with Crippen LogP contribution in [0, 0.1) is 6.92 Å². The van der Waals surface area contributed by atoms with E-state index in [0.717, 1.165) is 12.1 Å². The summed E-state index contributed by atoms with van der Waals surface area (Å²) in [6.07, 6.45) is -4.38. The molecule has 2 rings (SSSR count). The molecule has 0 amide bonds. The van der Waals surface area contributed by atoms with Gasteiger partial charge in [-0.2, -0.15) is 28.1 Å². The molecule has 0 N–H and O–H groups in total. The summed E-state index contributed by atoms with van der Waals surface area (Å²) in [6.45, 7) is 1.57. The first-order valence-electron chi connectivity index (χ1n) is 5.95. The molecule has 0 unspecified atom stereocenters. The number of anilines is 1. The summed E-state index contributed by atoms with van der Waals surface area (Å²) in [5, 5.41) is -0.0111. The smallest absolute Gasteiger partial charge is 0.347 e. The SMILES string of the molecule is Cc1cc(C(F)(F)F)ccc1-c1nc(Cl)nc(N(C)C)n1. The van der Waals surface area contributed by atoms with Crippen LogP contribution in [0.25, 0.3) is 11.4 Å². The van der Waals surface area contributed by atoms with Gasteiger partial charge in [-0.3, -0.25) is 0 Å². The van der Waals surface area contributed by atoms with Crippen molar-refractivity contribution in [3.05, 3.63) is 34.6 Å². The van der Waals surface area contributed by atoms with E-state index in [0.29, 0.717) is 17.1 Å². The Morgan fingerprint density at radius 2 is 1.76 bits per heavy atom. The first kappa shape index (κ1) is 15.5. The molecule has 1 heterocycles. The fourth-order valence-corrected chi connectivity index (χ4v) is 1.91. The summed E-state index contributed by atoms with van der Waals surface area (Å²) in [5.41, 5.74) is 0.184. The van der Waals surface area contributed by atoms with E-state index < -0.39 is 11.7 Å². The third-order valence-corrected chi connectivity index (χ3v) is 2.96. The van der Waals surface area contributed by atoms with E-state index in [9.17, 15) is 13.2 Å². The lowest BCUT2D eigenvalue weighted by molar-refractivity contribution is -0.137. The molecule has 0 fully saturated rings. The highest BCUT2D eigenvalue weighted by Crippen LogP contribution is 2.32. The van der Waals surface area contributed by atoms with Crippen molar-refractivity contribution in [1.29, 1.82) is 0 Å². The molecule has 21 heavy (non-hydrogen) atoms. The molecular formula is C13H12ClF3N4. The largest absolute Gasteiger partial charge is 0.416 e. The molecule has 2 aromatic rings. The lowest BCUT2D eigenvalue weighted by atomic mass is 10.0. The monoisotopic (exact) mass is 316 g/mol. The molecular weight excluding hydrogens is 305 g/mol. The van der Waals surface area contributed by atoms with Crippen LogP contribution in [-0.2, 0) is 6.18 Å². The molecule has 0 radical (unpaired) electrons. The average Bonchev–Trinajstić information content (AvgIpc) is 2.36. The van der Waals surface area contributed by atoms with Crippen molar-refractivity contribution in [2.24, 2.45) is 0 Å². The highest BCUT2D eigenvalue weighted by atomic mass is 35.5. The number of halogens is 4. The van der Waals surface area contributed by atoms with Gasteiger partial charge in [0.05, 0.1) is 5.56 Å². The standard InChI is InChI=1S/C13H12ClF3N4/c1-7-6-8(13(15,16)17)4-5-9(7)10-18-11(14)20-12(19-10)21(2)3/h4-6H,1-3H3. The summed E-state index contributed by atoms with van der Waals surface area (Å²) >= 11 is 5.83. The van der Waals surface area contributed by atoms with Crippen molar-refractivity contribution in [3.63, 3.8) is 0 Å². The topological polar surface area (TPSA) is 41.9 Å². The number of nitrogens with zero attached hydrogens (tertiary/aromatic N) is 4. The summed E-state index contributed by atoms with van der Waals surface area (Å²) in [5.74, 6) is 0.578. The molecule has 0 saturated heterocycles. The Labute approximate surface area is 124 Å². The molecule has 0 bridgehead atoms. The van der Waals surface area contributed by atoms with Gasteiger partial charge in [-0.1, -0.05) is 6.07 Å². The molecule has 0 spiro atoms. The Hall–Kier alpha value is -1.89. The zero-order valence-electron chi connectivity index (χ0n) is 11.5. The summed E-state index contributed by atoms with van der Waals surface area (Å²) in [4.78, 5) is 13.7. The molecule has 0 aliphatic carbocycles. The lowest BCUT2D eigenvalue weighted by Crippen LogP contribution is -2.14. The Morgan fingerprint density at radius 3 is 2.29 bits per heavy atom. The second-order valence-corrected chi connectivity index (χ2v) is 4.99. The number of alkyl halides is 3. The Bertz CT molecular complexity index is 671. The molecule has 8 heteroatoms. The molecule has 4 nitrogen and oxygen atoms in total. The van der Waals surface area contributed by atoms with Gasteiger partial charge in [0.15, 0.2) is 5.82 Å². The summed E-state index contributed by atoms with van der Waals surface area (Å²) in [7, 11) is 3.46. The molecule has 1 aromatic heterocycles. The van der Waals surface area contributed by atoms with Crippen LogP contribution in [0.4, 0.5) is 19.1 Å². The number of hydrogen-bond donors (Lipinski definition) is 0. The fraction of sp³-hybridized carbons (Fsp3) is 0.308.